The first-order valence-electron chi connectivity index (χ1n) is 5.43. The van der Waals surface area contributed by atoms with Crippen LogP contribution in [0.25, 0.3) is 16.9 Å². The van der Waals surface area contributed by atoms with Crippen molar-refractivity contribution < 1.29 is 9.67 Å². The van der Waals surface area contributed by atoms with Crippen molar-refractivity contribution in [2.45, 2.75) is 0 Å². The van der Waals surface area contributed by atoms with Crippen molar-refractivity contribution in [2.24, 2.45) is 7.05 Å². The van der Waals surface area contributed by atoms with Crippen LogP contribution in [0, 0.1) is 0 Å². The van der Waals surface area contributed by atoms with E-state index in [1.807, 2.05) is 34.9 Å². The number of hydrogen-bond acceptors (Lipinski definition) is 4. The topological polar surface area (TPSA) is 83.7 Å². The third-order valence-electron chi connectivity index (χ3n) is 2.75. The number of fused-ring (bicyclic) bond motifs is 1. The van der Waals surface area contributed by atoms with E-state index >= 15 is 0 Å². The third-order valence-corrected chi connectivity index (χ3v) is 2.75. The fourth-order valence-corrected chi connectivity index (χ4v) is 1.98. The molecule has 6 heteroatoms. The van der Waals surface area contributed by atoms with Gasteiger partial charge in [0.15, 0.2) is 0 Å². The molecule has 2 aromatic heterocycles. The zero-order valence-corrected chi connectivity index (χ0v) is 9.74. The highest BCUT2D eigenvalue weighted by Gasteiger charge is 2.18. The van der Waals surface area contributed by atoms with Gasteiger partial charge < -0.3 is 10.8 Å². The highest BCUT2D eigenvalue weighted by Crippen LogP contribution is 2.19. The maximum absolute atomic E-state index is 11.8. The molecule has 0 saturated heterocycles. The number of hydrogen-bond donors (Lipinski definition) is 1. The lowest BCUT2D eigenvalue weighted by atomic mass is 10.3. The SMILES string of the molecule is C[n+]1cn(-c2ccccc2)c2nc(N)nc([O-])c21. The van der Waals surface area contributed by atoms with Gasteiger partial charge >= 0.3 is 0 Å². The summed E-state index contributed by atoms with van der Waals surface area (Å²) in [5.41, 5.74) is 7.41. The van der Waals surface area contributed by atoms with E-state index in [1.54, 1.807) is 17.9 Å². The molecule has 3 rings (SSSR count). The second kappa shape index (κ2) is 3.69. The van der Waals surface area contributed by atoms with Gasteiger partial charge in [-0.2, -0.15) is 9.55 Å². The highest BCUT2D eigenvalue weighted by molar-refractivity contribution is 5.75. The van der Waals surface area contributed by atoms with Gasteiger partial charge in [-0.3, -0.25) is 0 Å². The summed E-state index contributed by atoms with van der Waals surface area (Å²) in [6.07, 6.45) is 1.79. The molecule has 0 aliphatic carbocycles. The van der Waals surface area contributed by atoms with Crippen molar-refractivity contribution in [3.05, 3.63) is 36.7 Å². The van der Waals surface area contributed by atoms with Gasteiger partial charge in [0.05, 0.1) is 7.05 Å². The number of nitrogens with two attached hydrogens (primary N) is 1. The number of imidazole rings is 1. The first kappa shape index (κ1) is 10.5. The molecule has 3 aromatic rings. The van der Waals surface area contributed by atoms with Crippen LogP contribution in [0.4, 0.5) is 5.95 Å². The van der Waals surface area contributed by atoms with E-state index in [9.17, 15) is 5.11 Å². The predicted octanol–water partition coefficient (Wildman–Crippen LogP) is -0.0992. The Kier molecular flexibility index (Phi) is 2.16. The van der Waals surface area contributed by atoms with Crippen LogP contribution in [-0.2, 0) is 7.05 Å². The van der Waals surface area contributed by atoms with Crippen LogP contribution in [0.5, 0.6) is 5.88 Å². The molecule has 0 atom stereocenters. The zero-order valence-electron chi connectivity index (χ0n) is 9.74. The maximum atomic E-state index is 11.8. The van der Waals surface area contributed by atoms with Crippen LogP contribution in [0.2, 0.25) is 0 Å². The summed E-state index contributed by atoms with van der Waals surface area (Å²) in [5.74, 6) is -0.377. The van der Waals surface area contributed by atoms with Gasteiger partial charge in [0, 0.05) is 5.88 Å². The molecular weight excluding hydrogens is 230 g/mol. The van der Waals surface area contributed by atoms with Crippen molar-refractivity contribution in [3.8, 4) is 11.6 Å². The fourth-order valence-electron chi connectivity index (χ4n) is 1.98. The number of para-hydroxylation sites is 1. The Hall–Kier alpha value is -2.63. The molecule has 0 aliphatic heterocycles. The highest BCUT2D eigenvalue weighted by atomic mass is 16.3. The minimum atomic E-state index is -0.366. The zero-order chi connectivity index (χ0) is 12.7. The van der Waals surface area contributed by atoms with Gasteiger partial charge in [-0.1, -0.05) is 18.2 Å². The molecule has 6 nitrogen and oxygen atoms in total. The van der Waals surface area contributed by atoms with Crippen molar-refractivity contribution in [2.75, 3.05) is 5.73 Å². The van der Waals surface area contributed by atoms with Gasteiger partial charge in [-0.05, 0) is 12.1 Å². The van der Waals surface area contributed by atoms with Crippen LogP contribution in [0.3, 0.4) is 0 Å². The molecule has 90 valence electrons. The molecule has 0 amide bonds. The average molecular weight is 241 g/mol. The molecule has 0 fully saturated rings. The molecule has 0 spiro atoms. The molecular formula is C12H11N5O. The number of anilines is 1. The summed E-state index contributed by atoms with van der Waals surface area (Å²) in [6.45, 7) is 0. The Morgan fingerprint density at radius 3 is 2.67 bits per heavy atom. The maximum Gasteiger partial charge on any atom is 0.277 e. The second-order valence-electron chi connectivity index (χ2n) is 3.99. The summed E-state index contributed by atoms with van der Waals surface area (Å²) >= 11 is 0. The molecule has 0 unspecified atom stereocenters. The van der Waals surface area contributed by atoms with Gasteiger partial charge in [-0.25, -0.2) is 9.55 Å². The smallest absolute Gasteiger partial charge is 0.277 e. The van der Waals surface area contributed by atoms with Crippen LogP contribution in [0.15, 0.2) is 36.7 Å². The first-order valence-corrected chi connectivity index (χ1v) is 5.43. The van der Waals surface area contributed by atoms with Gasteiger partial charge in [0.25, 0.3) is 12.0 Å². The van der Waals surface area contributed by atoms with Crippen LogP contribution >= 0.6 is 0 Å². The van der Waals surface area contributed by atoms with Crippen LogP contribution in [0.1, 0.15) is 0 Å². The van der Waals surface area contributed by atoms with E-state index in [0.717, 1.165) is 5.69 Å². The standard InChI is InChI=1S/C12H11N5O/c1-16-7-17(8-5-3-2-4-6-8)10-9(16)11(18)15-12(13)14-10/h2-7H,1H3,(H2-,13,14,15,18). The van der Waals surface area contributed by atoms with Crippen LogP contribution in [-0.4, -0.2) is 14.5 Å². The quantitative estimate of drug-likeness (QED) is 0.603. The van der Waals surface area contributed by atoms with E-state index < -0.39 is 0 Å². The number of benzene rings is 1. The molecule has 1 aromatic carbocycles. The molecule has 0 bridgehead atoms. The van der Waals surface area contributed by atoms with E-state index in [1.165, 1.54) is 0 Å². The number of nitrogens with zero attached hydrogens (tertiary/aromatic N) is 4. The normalized spacial score (nSPS) is 10.9. The molecule has 18 heavy (non-hydrogen) atoms. The Morgan fingerprint density at radius 1 is 1.22 bits per heavy atom. The third kappa shape index (κ3) is 1.46. The van der Waals surface area contributed by atoms with Crippen molar-refractivity contribution in [3.63, 3.8) is 0 Å². The largest absolute Gasteiger partial charge is 0.855 e. The van der Waals surface area contributed by atoms with E-state index in [2.05, 4.69) is 9.97 Å². The molecule has 0 saturated carbocycles. The first-order chi connectivity index (χ1) is 8.66. The van der Waals surface area contributed by atoms with Gasteiger partial charge in [0.2, 0.25) is 11.5 Å². The van der Waals surface area contributed by atoms with E-state index in [-0.39, 0.29) is 11.8 Å². The minimum Gasteiger partial charge on any atom is -0.855 e. The molecule has 2 N–H and O–H groups in total. The number of rotatable bonds is 1. The Balaban J connectivity index is 2.38. The van der Waals surface area contributed by atoms with Crippen molar-refractivity contribution >= 4 is 17.1 Å². The summed E-state index contributed by atoms with van der Waals surface area (Å²) in [4.78, 5) is 7.79. The van der Waals surface area contributed by atoms with Gasteiger partial charge in [0.1, 0.15) is 5.69 Å². The Morgan fingerprint density at radius 2 is 1.94 bits per heavy atom. The summed E-state index contributed by atoms with van der Waals surface area (Å²) in [7, 11) is 1.78. The second-order valence-corrected chi connectivity index (χ2v) is 3.99. The summed E-state index contributed by atoms with van der Waals surface area (Å²) < 4.78 is 3.51. The lowest BCUT2D eigenvalue weighted by Crippen LogP contribution is -2.27. The number of nitrogen functional groups attached to an aromatic ring is 1. The number of aryl methyl sites for hydroxylation is 1. The van der Waals surface area contributed by atoms with Crippen molar-refractivity contribution in [1.82, 2.24) is 14.5 Å². The van der Waals surface area contributed by atoms with E-state index in [4.69, 9.17) is 5.73 Å². The average Bonchev–Trinajstić information content (AvgIpc) is 2.67. The van der Waals surface area contributed by atoms with E-state index in [0.29, 0.717) is 11.2 Å². The lowest BCUT2D eigenvalue weighted by molar-refractivity contribution is -0.647. The Labute approximate surface area is 103 Å². The minimum absolute atomic E-state index is 0.0108. The van der Waals surface area contributed by atoms with Crippen LogP contribution < -0.4 is 15.4 Å². The predicted molar refractivity (Wildman–Crippen MR) is 63.9 cm³/mol. The fraction of sp³-hybridized carbons (Fsp3) is 0.0833. The molecule has 0 radical (unpaired) electrons. The molecule has 0 aliphatic rings. The van der Waals surface area contributed by atoms with Gasteiger partial charge in [-0.15, -0.1) is 0 Å². The van der Waals surface area contributed by atoms with Crippen molar-refractivity contribution in [1.29, 1.82) is 0 Å². The number of aromatic nitrogens is 4. The monoisotopic (exact) mass is 241 g/mol. The summed E-state index contributed by atoms with van der Waals surface area (Å²) in [5, 5.41) is 11.8. The molecule has 2 heterocycles. The summed E-state index contributed by atoms with van der Waals surface area (Å²) in [6, 6.07) is 9.63. The Bertz CT molecular complexity index is 720. The lowest BCUT2D eigenvalue weighted by Gasteiger charge is -2.03.